The molecule has 122 valence electrons. The molecule has 0 saturated carbocycles. The summed E-state index contributed by atoms with van der Waals surface area (Å²) in [6.45, 7) is 5.43. The van der Waals surface area contributed by atoms with Crippen LogP contribution < -0.4 is 10.5 Å². The van der Waals surface area contributed by atoms with Crippen molar-refractivity contribution in [3.05, 3.63) is 53.2 Å². The number of nitrogens with two attached hydrogens (primary N) is 1. The largest absolute Gasteiger partial charge is 0.481 e. The average molecular weight is 314 g/mol. The van der Waals surface area contributed by atoms with Crippen LogP contribution in [0.5, 0.6) is 5.88 Å². The molecule has 0 radical (unpaired) electrons. The maximum absolute atomic E-state index is 12.3. The fourth-order valence-corrected chi connectivity index (χ4v) is 2.19. The van der Waals surface area contributed by atoms with Crippen LogP contribution in [0.2, 0.25) is 0 Å². The third-order valence-electron chi connectivity index (χ3n) is 3.22. The van der Waals surface area contributed by atoms with E-state index in [1.807, 2.05) is 51.1 Å². The lowest BCUT2D eigenvalue weighted by molar-refractivity contribution is 0.00702. The van der Waals surface area contributed by atoms with Crippen molar-refractivity contribution in [1.29, 1.82) is 0 Å². The second-order valence-corrected chi connectivity index (χ2v) is 6.24. The Morgan fingerprint density at radius 3 is 2.43 bits per heavy atom. The summed E-state index contributed by atoms with van der Waals surface area (Å²) in [5.74, 6) is -0.0712. The quantitative estimate of drug-likeness (QED) is 0.877. The lowest BCUT2D eigenvalue weighted by Crippen LogP contribution is -2.25. The molecule has 1 aromatic heterocycles. The van der Waals surface area contributed by atoms with Gasteiger partial charge in [0, 0.05) is 18.2 Å². The number of hydrogen-bond donors (Lipinski definition) is 1. The molecule has 0 saturated heterocycles. The zero-order chi connectivity index (χ0) is 17.0. The Morgan fingerprint density at radius 2 is 1.87 bits per heavy atom. The molecule has 1 heterocycles. The van der Waals surface area contributed by atoms with Gasteiger partial charge in [-0.2, -0.15) is 0 Å². The van der Waals surface area contributed by atoms with Crippen LogP contribution in [0.3, 0.4) is 0 Å². The summed E-state index contributed by atoms with van der Waals surface area (Å²) in [6.07, 6.45) is 1.93. The van der Waals surface area contributed by atoms with Crippen molar-refractivity contribution >= 4 is 11.7 Å². The van der Waals surface area contributed by atoms with E-state index in [2.05, 4.69) is 4.98 Å². The van der Waals surface area contributed by atoms with Crippen LogP contribution in [0.1, 0.15) is 42.3 Å². The fourth-order valence-electron chi connectivity index (χ4n) is 2.19. The predicted molar refractivity (Wildman–Crippen MR) is 89.6 cm³/mol. The highest BCUT2D eigenvalue weighted by Gasteiger charge is 2.23. The fraction of sp³-hybridized carbons (Fsp3) is 0.333. The normalized spacial score (nSPS) is 11.1. The Labute approximate surface area is 136 Å². The van der Waals surface area contributed by atoms with Gasteiger partial charge in [0.2, 0.25) is 5.88 Å². The van der Waals surface area contributed by atoms with Crippen LogP contribution in [0, 0.1) is 0 Å². The van der Waals surface area contributed by atoms with Gasteiger partial charge in [0.15, 0.2) is 0 Å². The minimum absolute atomic E-state index is 0.256. The molecule has 2 aromatic rings. The first kappa shape index (κ1) is 16.8. The van der Waals surface area contributed by atoms with Gasteiger partial charge in [0.05, 0.1) is 12.8 Å². The van der Waals surface area contributed by atoms with Crippen molar-refractivity contribution in [2.24, 2.45) is 0 Å². The molecule has 0 aliphatic carbocycles. The number of carbonyl (C=O) groups is 1. The van der Waals surface area contributed by atoms with Crippen LogP contribution in [0.4, 0.5) is 5.69 Å². The summed E-state index contributed by atoms with van der Waals surface area (Å²) in [7, 11) is 1.53. The van der Waals surface area contributed by atoms with E-state index in [9.17, 15) is 4.79 Å². The van der Waals surface area contributed by atoms with Crippen molar-refractivity contribution in [2.45, 2.75) is 32.8 Å². The van der Waals surface area contributed by atoms with Crippen molar-refractivity contribution in [3.8, 4) is 5.88 Å². The smallest absolute Gasteiger partial charge is 0.342 e. The van der Waals surface area contributed by atoms with Gasteiger partial charge >= 0.3 is 5.97 Å². The topological polar surface area (TPSA) is 74.4 Å². The summed E-state index contributed by atoms with van der Waals surface area (Å²) in [4.78, 5) is 16.5. The zero-order valence-electron chi connectivity index (χ0n) is 13.9. The highest BCUT2D eigenvalue weighted by molar-refractivity contribution is 5.96. The molecule has 0 aliphatic rings. The zero-order valence-corrected chi connectivity index (χ0v) is 13.9. The highest BCUT2D eigenvalue weighted by atomic mass is 16.6. The number of methoxy groups -OCH3 is 1. The molecule has 0 unspecified atom stereocenters. The van der Waals surface area contributed by atoms with Gasteiger partial charge in [-0.15, -0.1) is 0 Å². The van der Waals surface area contributed by atoms with Crippen molar-refractivity contribution in [3.63, 3.8) is 0 Å². The van der Waals surface area contributed by atoms with Crippen molar-refractivity contribution in [1.82, 2.24) is 4.98 Å². The number of ether oxygens (including phenoxy) is 2. The van der Waals surface area contributed by atoms with Crippen LogP contribution >= 0.6 is 0 Å². The highest BCUT2D eigenvalue weighted by Crippen LogP contribution is 2.29. The van der Waals surface area contributed by atoms with Crippen LogP contribution in [-0.2, 0) is 11.2 Å². The van der Waals surface area contributed by atoms with E-state index in [1.165, 1.54) is 13.3 Å². The Kier molecular flexibility index (Phi) is 4.89. The van der Waals surface area contributed by atoms with Gasteiger partial charge in [-0.25, -0.2) is 9.78 Å². The molecule has 1 aromatic carbocycles. The van der Waals surface area contributed by atoms with Gasteiger partial charge in [-0.05, 0) is 26.3 Å². The SMILES string of the molecule is COc1ncc(C(=O)OC(C)(C)C)c(N)c1Cc1ccccc1. The number of esters is 1. The lowest BCUT2D eigenvalue weighted by Gasteiger charge is -2.21. The molecule has 5 nitrogen and oxygen atoms in total. The molecule has 5 heteroatoms. The molecule has 0 atom stereocenters. The van der Waals surface area contributed by atoms with Crippen LogP contribution in [-0.4, -0.2) is 23.7 Å². The molecule has 23 heavy (non-hydrogen) atoms. The Hall–Kier alpha value is -2.56. The number of nitrogen functional groups attached to an aromatic ring is 1. The molecule has 2 N–H and O–H groups in total. The second kappa shape index (κ2) is 6.69. The van der Waals surface area contributed by atoms with Gasteiger partial charge in [-0.3, -0.25) is 0 Å². The van der Waals surface area contributed by atoms with E-state index in [-0.39, 0.29) is 5.56 Å². The number of nitrogens with zero attached hydrogens (tertiary/aromatic N) is 1. The Bertz CT molecular complexity index is 691. The third-order valence-corrected chi connectivity index (χ3v) is 3.22. The summed E-state index contributed by atoms with van der Waals surface area (Å²) in [5.41, 5.74) is 7.95. The van der Waals surface area contributed by atoms with Gasteiger partial charge in [0.1, 0.15) is 11.2 Å². The number of pyridine rings is 1. The number of carbonyl (C=O) groups excluding carboxylic acids is 1. The number of hydrogen-bond acceptors (Lipinski definition) is 5. The van der Waals surface area contributed by atoms with E-state index in [1.54, 1.807) is 0 Å². The summed E-state index contributed by atoms with van der Waals surface area (Å²) in [5, 5.41) is 0. The molecule has 0 bridgehead atoms. The first-order valence-corrected chi connectivity index (χ1v) is 7.40. The summed E-state index contributed by atoms with van der Waals surface area (Å²) < 4.78 is 10.7. The summed E-state index contributed by atoms with van der Waals surface area (Å²) >= 11 is 0. The van der Waals surface area contributed by atoms with E-state index in [0.29, 0.717) is 23.6 Å². The Morgan fingerprint density at radius 1 is 1.22 bits per heavy atom. The molecular formula is C18H22N2O3. The number of anilines is 1. The average Bonchev–Trinajstić information content (AvgIpc) is 2.48. The monoisotopic (exact) mass is 314 g/mol. The minimum Gasteiger partial charge on any atom is -0.481 e. The van der Waals surface area contributed by atoms with E-state index in [0.717, 1.165) is 5.56 Å². The maximum Gasteiger partial charge on any atom is 0.342 e. The van der Waals surface area contributed by atoms with E-state index in [4.69, 9.17) is 15.2 Å². The van der Waals surface area contributed by atoms with Gasteiger partial charge < -0.3 is 15.2 Å². The van der Waals surface area contributed by atoms with Gasteiger partial charge in [-0.1, -0.05) is 30.3 Å². The maximum atomic E-state index is 12.3. The van der Waals surface area contributed by atoms with Crippen molar-refractivity contribution in [2.75, 3.05) is 12.8 Å². The number of benzene rings is 1. The van der Waals surface area contributed by atoms with Crippen LogP contribution in [0.25, 0.3) is 0 Å². The van der Waals surface area contributed by atoms with Gasteiger partial charge in [0.25, 0.3) is 0 Å². The second-order valence-electron chi connectivity index (χ2n) is 6.24. The number of aromatic nitrogens is 1. The standard InChI is InChI=1S/C18H22N2O3/c1-18(2,3)23-17(21)14-11-20-16(22-4)13(15(14)19)10-12-8-6-5-7-9-12/h5-9,11H,10H2,1-4H3,(H2,19,20). The first-order chi connectivity index (χ1) is 10.8. The summed E-state index contributed by atoms with van der Waals surface area (Å²) in [6, 6.07) is 9.81. The van der Waals surface area contributed by atoms with Crippen LogP contribution in [0.15, 0.2) is 36.5 Å². The number of rotatable bonds is 4. The van der Waals surface area contributed by atoms with Crippen molar-refractivity contribution < 1.29 is 14.3 Å². The molecule has 0 spiro atoms. The molecule has 0 aliphatic heterocycles. The molecular weight excluding hydrogens is 292 g/mol. The first-order valence-electron chi connectivity index (χ1n) is 7.40. The minimum atomic E-state index is -0.594. The lowest BCUT2D eigenvalue weighted by atomic mass is 10.0. The molecule has 2 rings (SSSR count). The molecule has 0 fully saturated rings. The van der Waals surface area contributed by atoms with E-state index >= 15 is 0 Å². The third kappa shape index (κ3) is 4.22. The predicted octanol–water partition coefficient (Wildman–Crippen LogP) is 3.22. The van der Waals surface area contributed by atoms with E-state index < -0.39 is 11.6 Å². The molecule has 0 amide bonds. The Balaban J connectivity index is 2.40.